The van der Waals surface area contributed by atoms with Crippen LogP contribution < -0.4 is 10.2 Å². The van der Waals surface area contributed by atoms with E-state index < -0.39 is 7.12 Å². The van der Waals surface area contributed by atoms with Crippen molar-refractivity contribution in [2.75, 3.05) is 20.2 Å². The minimum atomic E-state index is -1.47. The van der Waals surface area contributed by atoms with Crippen LogP contribution in [0.3, 0.4) is 0 Å². The molecule has 0 bridgehead atoms. The fourth-order valence-corrected chi connectivity index (χ4v) is 2.31. The van der Waals surface area contributed by atoms with Gasteiger partial charge < -0.3 is 14.8 Å². The number of ether oxygens (including phenoxy) is 1. The average molecular weight is 292 g/mol. The van der Waals surface area contributed by atoms with Crippen LogP contribution >= 0.6 is 11.3 Å². The van der Waals surface area contributed by atoms with E-state index in [0.29, 0.717) is 17.8 Å². The first-order valence-corrected chi connectivity index (χ1v) is 7.24. The van der Waals surface area contributed by atoms with Crippen molar-refractivity contribution < 1.29 is 14.8 Å². The molecule has 0 fully saturated rings. The molecular weight excluding hydrogens is 275 g/mol. The highest BCUT2D eigenvalue weighted by atomic mass is 32.1. The third kappa shape index (κ3) is 4.61. The van der Waals surface area contributed by atoms with E-state index in [0.717, 1.165) is 18.8 Å². The summed E-state index contributed by atoms with van der Waals surface area (Å²) in [4.78, 5) is 6.36. The highest BCUT2D eigenvalue weighted by molar-refractivity contribution is 7.07. The predicted octanol–water partition coefficient (Wildman–Crippen LogP) is 0.334. The molecule has 0 radical (unpaired) electrons. The summed E-state index contributed by atoms with van der Waals surface area (Å²) in [6, 6.07) is 6.81. The Hall–Kier alpha value is -1.41. The van der Waals surface area contributed by atoms with Gasteiger partial charge in [0.1, 0.15) is 12.4 Å². The summed E-state index contributed by atoms with van der Waals surface area (Å²) in [5.41, 5.74) is 3.31. The molecule has 0 saturated carbocycles. The second kappa shape index (κ2) is 7.40. The largest absolute Gasteiger partial charge is 0.492 e. The summed E-state index contributed by atoms with van der Waals surface area (Å²) < 4.78 is 5.60. The molecule has 1 aromatic carbocycles. The number of aromatic nitrogens is 1. The van der Waals surface area contributed by atoms with Crippen LogP contribution in [0.2, 0.25) is 0 Å². The molecule has 20 heavy (non-hydrogen) atoms. The lowest BCUT2D eigenvalue weighted by molar-refractivity contribution is 0.231. The smallest absolute Gasteiger partial charge is 0.488 e. The van der Waals surface area contributed by atoms with E-state index in [-0.39, 0.29) is 0 Å². The van der Waals surface area contributed by atoms with Gasteiger partial charge in [-0.15, -0.1) is 11.3 Å². The maximum absolute atomic E-state index is 9.09. The molecular formula is C13H17BN2O3S. The van der Waals surface area contributed by atoms with Gasteiger partial charge in [-0.25, -0.2) is 4.98 Å². The molecule has 5 nitrogen and oxygen atoms in total. The minimum Gasteiger partial charge on any atom is -0.492 e. The van der Waals surface area contributed by atoms with Gasteiger partial charge in [0.2, 0.25) is 0 Å². The summed E-state index contributed by atoms with van der Waals surface area (Å²) in [5, 5.41) is 20.2. The van der Waals surface area contributed by atoms with Crippen LogP contribution in [0.25, 0.3) is 0 Å². The van der Waals surface area contributed by atoms with Crippen molar-refractivity contribution in [3.8, 4) is 5.75 Å². The summed E-state index contributed by atoms with van der Waals surface area (Å²) in [6.45, 7) is 2.09. The zero-order valence-corrected chi connectivity index (χ0v) is 12.1. The van der Waals surface area contributed by atoms with Crippen LogP contribution in [-0.4, -0.2) is 47.2 Å². The van der Waals surface area contributed by atoms with E-state index >= 15 is 0 Å². The van der Waals surface area contributed by atoms with Crippen molar-refractivity contribution in [1.29, 1.82) is 0 Å². The lowest BCUT2D eigenvalue weighted by atomic mass is 9.80. The molecule has 0 aliphatic carbocycles. The Balaban J connectivity index is 1.76. The number of hydrogen-bond acceptors (Lipinski definition) is 6. The van der Waals surface area contributed by atoms with Gasteiger partial charge >= 0.3 is 7.12 Å². The molecule has 7 heteroatoms. The Labute approximate surface area is 122 Å². The molecule has 106 valence electrons. The van der Waals surface area contributed by atoms with E-state index in [9.17, 15) is 0 Å². The Morgan fingerprint density at radius 3 is 2.95 bits per heavy atom. The normalized spacial score (nSPS) is 10.8. The summed E-state index contributed by atoms with van der Waals surface area (Å²) in [7, 11) is 0.544. The molecule has 0 spiro atoms. The predicted molar refractivity (Wildman–Crippen MR) is 80.2 cm³/mol. The monoisotopic (exact) mass is 292 g/mol. The van der Waals surface area contributed by atoms with Crippen molar-refractivity contribution in [3.63, 3.8) is 0 Å². The zero-order chi connectivity index (χ0) is 14.4. The molecule has 0 aliphatic heterocycles. The molecule has 0 amide bonds. The number of benzene rings is 1. The second-order valence-electron chi connectivity index (χ2n) is 4.51. The van der Waals surface area contributed by atoms with Gasteiger partial charge in [0.15, 0.2) is 0 Å². The topological polar surface area (TPSA) is 65.8 Å². The fraction of sp³-hybridized carbons (Fsp3) is 0.308. The van der Waals surface area contributed by atoms with Crippen molar-refractivity contribution in [2.45, 2.75) is 6.54 Å². The van der Waals surface area contributed by atoms with Gasteiger partial charge in [-0.05, 0) is 24.6 Å². The van der Waals surface area contributed by atoms with Gasteiger partial charge in [0.25, 0.3) is 0 Å². The van der Waals surface area contributed by atoms with Crippen molar-refractivity contribution >= 4 is 23.9 Å². The van der Waals surface area contributed by atoms with E-state index in [2.05, 4.69) is 9.88 Å². The number of thiazole rings is 1. The lowest BCUT2D eigenvalue weighted by Gasteiger charge is -2.16. The number of hydrogen-bond donors (Lipinski definition) is 2. The Morgan fingerprint density at radius 1 is 1.40 bits per heavy atom. The first-order chi connectivity index (χ1) is 9.65. The molecule has 0 atom stereocenters. The Kier molecular flexibility index (Phi) is 5.54. The lowest BCUT2D eigenvalue weighted by Crippen LogP contribution is -2.29. The standard InChI is InChI=1S/C13H17BN2O3S/c1-16(8-12-9-20-10-15-12)5-6-19-13-4-2-3-11(7-13)14(17)18/h2-4,7,9-10,17-18H,5-6,8H2,1H3. The summed E-state index contributed by atoms with van der Waals surface area (Å²) in [6.07, 6.45) is 0. The molecule has 2 N–H and O–H groups in total. The van der Waals surface area contributed by atoms with Crippen LogP contribution in [0, 0.1) is 0 Å². The second-order valence-corrected chi connectivity index (χ2v) is 5.23. The van der Waals surface area contributed by atoms with Gasteiger partial charge in [-0.3, -0.25) is 4.90 Å². The van der Waals surface area contributed by atoms with E-state index in [1.807, 2.05) is 17.9 Å². The van der Waals surface area contributed by atoms with Crippen LogP contribution in [-0.2, 0) is 6.54 Å². The molecule has 1 aromatic heterocycles. The van der Waals surface area contributed by atoms with E-state index in [4.69, 9.17) is 14.8 Å². The summed E-state index contributed by atoms with van der Waals surface area (Å²) >= 11 is 1.59. The molecule has 0 unspecified atom stereocenters. The van der Waals surface area contributed by atoms with E-state index in [1.54, 1.807) is 35.6 Å². The highest BCUT2D eigenvalue weighted by Crippen LogP contribution is 2.08. The van der Waals surface area contributed by atoms with Gasteiger partial charge in [-0.1, -0.05) is 12.1 Å². The van der Waals surface area contributed by atoms with Crippen LogP contribution in [0.5, 0.6) is 5.75 Å². The van der Waals surface area contributed by atoms with Gasteiger partial charge in [0.05, 0.1) is 11.2 Å². The average Bonchev–Trinajstić information content (AvgIpc) is 2.92. The third-order valence-corrected chi connectivity index (χ3v) is 3.45. The van der Waals surface area contributed by atoms with Crippen molar-refractivity contribution in [3.05, 3.63) is 40.8 Å². The molecule has 2 aromatic rings. The SMILES string of the molecule is CN(CCOc1cccc(B(O)O)c1)Cc1cscn1. The molecule has 2 rings (SSSR count). The van der Waals surface area contributed by atoms with Gasteiger partial charge in [0, 0.05) is 18.5 Å². The highest BCUT2D eigenvalue weighted by Gasteiger charge is 2.11. The number of nitrogens with zero attached hydrogens (tertiary/aromatic N) is 2. The summed E-state index contributed by atoms with van der Waals surface area (Å²) in [5.74, 6) is 0.637. The van der Waals surface area contributed by atoms with Gasteiger partial charge in [-0.2, -0.15) is 0 Å². The molecule has 0 saturated heterocycles. The molecule has 0 aliphatic rings. The van der Waals surface area contributed by atoms with Crippen molar-refractivity contribution in [1.82, 2.24) is 9.88 Å². The Morgan fingerprint density at radius 2 is 2.25 bits per heavy atom. The first kappa shape index (κ1) is 15.0. The maximum atomic E-state index is 9.09. The first-order valence-electron chi connectivity index (χ1n) is 6.29. The van der Waals surface area contributed by atoms with E-state index in [1.165, 1.54) is 0 Å². The fourth-order valence-electron chi connectivity index (χ4n) is 1.76. The third-order valence-electron chi connectivity index (χ3n) is 2.81. The van der Waals surface area contributed by atoms with Crippen LogP contribution in [0.15, 0.2) is 35.2 Å². The molecule has 1 heterocycles. The van der Waals surface area contributed by atoms with Crippen LogP contribution in [0.1, 0.15) is 5.69 Å². The van der Waals surface area contributed by atoms with Crippen molar-refractivity contribution in [2.24, 2.45) is 0 Å². The zero-order valence-electron chi connectivity index (χ0n) is 11.3. The number of rotatable bonds is 7. The number of likely N-dealkylation sites (N-methyl/N-ethyl adjacent to an activating group) is 1. The Bertz CT molecular complexity index is 522. The maximum Gasteiger partial charge on any atom is 0.488 e. The quantitative estimate of drug-likeness (QED) is 0.720. The van der Waals surface area contributed by atoms with Crippen LogP contribution in [0.4, 0.5) is 0 Å². The minimum absolute atomic E-state index is 0.429.